The highest BCUT2D eigenvalue weighted by molar-refractivity contribution is 5.85. The summed E-state index contributed by atoms with van der Waals surface area (Å²) in [6, 6.07) is 0. The molecule has 10 heavy (non-hydrogen) atoms. The topological polar surface area (TPSA) is 40.5 Å². The van der Waals surface area contributed by atoms with Crippen LogP contribution in [0.15, 0.2) is 0 Å². The van der Waals surface area contributed by atoms with E-state index in [1.165, 1.54) is 4.90 Å². The van der Waals surface area contributed by atoms with Crippen molar-refractivity contribution in [3.05, 3.63) is 0 Å². The first-order valence-corrected chi connectivity index (χ1v) is 2.55. The number of alkyl halides is 1. The molecular weight excluding hydrogens is 161 g/mol. The van der Waals surface area contributed by atoms with Crippen LogP contribution in [0.4, 0.5) is 4.39 Å². The smallest absolute Gasteiger partial charge is 0.339 e. The van der Waals surface area contributed by atoms with Gasteiger partial charge in [0.15, 0.2) is 0 Å². The second-order valence-corrected chi connectivity index (χ2v) is 2.07. The third-order valence-corrected chi connectivity index (χ3v) is 0.793. The van der Waals surface area contributed by atoms with E-state index in [4.69, 9.17) is 5.11 Å². The number of hydrogen-bond acceptors (Lipinski definition) is 2. The van der Waals surface area contributed by atoms with Crippen molar-refractivity contribution in [2.45, 2.75) is 6.17 Å². The molecule has 0 bridgehead atoms. The van der Waals surface area contributed by atoms with Crippen molar-refractivity contribution < 1.29 is 14.3 Å². The summed E-state index contributed by atoms with van der Waals surface area (Å²) in [6.45, 7) is -0.0602. The van der Waals surface area contributed by atoms with Crippen LogP contribution in [-0.4, -0.2) is 42.8 Å². The zero-order valence-corrected chi connectivity index (χ0v) is 6.69. The summed E-state index contributed by atoms with van der Waals surface area (Å²) in [4.78, 5) is 11.3. The van der Waals surface area contributed by atoms with Crippen molar-refractivity contribution in [3.8, 4) is 0 Å². The average molecular weight is 172 g/mol. The highest BCUT2D eigenvalue weighted by Crippen LogP contribution is 1.91. The molecular formula is C5H11ClFNO2. The third kappa shape index (κ3) is 5.78. The predicted octanol–water partition coefficient (Wildman–Crippen LogP) is 0.393. The zero-order valence-electron chi connectivity index (χ0n) is 5.87. The summed E-state index contributed by atoms with van der Waals surface area (Å²) in [7, 11) is 3.24. The fourth-order valence-electron chi connectivity index (χ4n) is 0.399. The molecule has 0 aromatic carbocycles. The van der Waals surface area contributed by atoms with E-state index < -0.39 is 12.1 Å². The molecule has 0 aliphatic heterocycles. The lowest BCUT2D eigenvalue weighted by atomic mass is 10.4. The molecule has 1 unspecified atom stereocenters. The Morgan fingerprint density at radius 3 is 2.20 bits per heavy atom. The Morgan fingerprint density at radius 1 is 1.70 bits per heavy atom. The normalized spacial score (nSPS) is 12.4. The number of hydrogen-bond donors (Lipinski definition) is 1. The molecule has 0 aliphatic carbocycles. The lowest BCUT2D eigenvalue weighted by Crippen LogP contribution is -2.28. The Bertz CT molecular complexity index is 110. The maximum atomic E-state index is 12.1. The highest BCUT2D eigenvalue weighted by Gasteiger charge is 2.15. The molecule has 1 N–H and O–H groups in total. The molecule has 0 aromatic heterocycles. The first-order valence-electron chi connectivity index (χ1n) is 2.55. The highest BCUT2D eigenvalue weighted by atomic mass is 35.5. The van der Waals surface area contributed by atoms with E-state index in [9.17, 15) is 9.18 Å². The molecule has 0 rings (SSSR count). The Labute approximate surface area is 65.2 Å². The van der Waals surface area contributed by atoms with E-state index in [1.807, 2.05) is 0 Å². The van der Waals surface area contributed by atoms with Gasteiger partial charge in [-0.3, -0.25) is 0 Å². The second kappa shape index (κ2) is 5.44. The first kappa shape index (κ1) is 12.3. The van der Waals surface area contributed by atoms with Gasteiger partial charge < -0.3 is 10.0 Å². The van der Waals surface area contributed by atoms with Crippen molar-refractivity contribution >= 4 is 18.4 Å². The van der Waals surface area contributed by atoms with Gasteiger partial charge in [-0.15, -0.1) is 12.4 Å². The summed E-state index contributed by atoms with van der Waals surface area (Å²) in [6.07, 6.45) is -1.76. The van der Waals surface area contributed by atoms with Gasteiger partial charge in [-0.1, -0.05) is 0 Å². The lowest BCUT2D eigenvalue weighted by molar-refractivity contribution is -0.143. The first-order chi connectivity index (χ1) is 4.04. The second-order valence-electron chi connectivity index (χ2n) is 2.07. The molecule has 0 radical (unpaired) electrons. The molecule has 0 fully saturated rings. The molecule has 5 heteroatoms. The lowest BCUT2D eigenvalue weighted by Gasteiger charge is -2.09. The van der Waals surface area contributed by atoms with Crippen LogP contribution < -0.4 is 0 Å². The SMILES string of the molecule is CN(C)CC(F)C(=O)O.Cl. The molecule has 0 saturated heterocycles. The third-order valence-electron chi connectivity index (χ3n) is 0.793. The largest absolute Gasteiger partial charge is 0.479 e. The molecule has 0 heterocycles. The van der Waals surface area contributed by atoms with E-state index in [0.717, 1.165) is 0 Å². The Hall–Kier alpha value is -0.350. The van der Waals surface area contributed by atoms with Gasteiger partial charge in [-0.25, -0.2) is 9.18 Å². The summed E-state index contributed by atoms with van der Waals surface area (Å²) in [5, 5.41) is 8.03. The molecule has 3 nitrogen and oxygen atoms in total. The Morgan fingerprint density at radius 2 is 2.10 bits per heavy atom. The number of carboxylic acid groups (broad SMARTS) is 1. The maximum absolute atomic E-state index is 12.1. The minimum Gasteiger partial charge on any atom is -0.479 e. The zero-order chi connectivity index (χ0) is 7.44. The number of halogens is 2. The van der Waals surface area contributed by atoms with Crippen LogP contribution in [0, 0.1) is 0 Å². The number of carboxylic acids is 1. The van der Waals surface area contributed by atoms with Gasteiger partial charge in [0.25, 0.3) is 0 Å². The Balaban J connectivity index is 0. The molecule has 0 saturated carbocycles. The average Bonchev–Trinajstić information content (AvgIpc) is 1.63. The van der Waals surface area contributed by atoms with Crippen LogP contribution in [0.25, 0.3) is 0 Å². The summed E-state index contributed by atoms with van der Waals surface area (Å²) >= 11 is 0. The fourth-order valence-corrected chi connectivity index (χ4v) is 0.399. The molecule has 0 spiro atoms. The van der Waals surface area contributed by atoms with E-state index in [-0.39, 0.29) is 19.0 Å². The number of rotatable bonds is 3. The van der Waals surface area contributed by atoms with Gasteiger partial charge in [0, 0.05) is 6.54 Å². The molecule has 62 valence electrons. The Kier molecular flexibility index (Phi) is 6.71. The van der Waals surface area contributed by atoms with Crippen LogP contribution in [0.2, 0.25) is 0 Å². The minimum atomic E-state index is -1.76. The predicted molar refractivity (Wildman–Crippen MR) is 38.3 cm³/mol. The van der Waals surface area contributed by atoms with Crippen LogP contribution in [0.3, 0.4) is 0 Å². The number of nitrogens with zero attached hydrogens (tertiary/aromatic N) is 1. The van der Waals surface area contributed by atoms with Gasteiger partial charge in [0.1, 0.15) is 0 Å². The fraction of sp³-hybridized carbons (Fsp3) is 0.800. The van der Waals surface area contributed by atoms with Crippen molar-refractivity contribution in [2.24, 2.45) is 0 Å². The van der Waals surface area contributed by atoms with Gasteiger partial charge in [-0.05, 0) is 14.1 Å². The van der Waals surface area contributed by atoms with Crippen molar-refractivity contribution in [2.75, 3.05) is 20.6 Å². The van der Waals surface area contributed by atoms with Crippen molar-refractivity contribution in [3.63, 3.8) is 0 Å². The van der Waals surface area contributed by atoms with Crippen LogP contribution >= 0.6 is 12.4 Å². The standard InChI is InChI=1S/C5H10FNO2.ClH/c1-7(2)3-4(6)5(8)9;/h4H,3H2,1-2H3,(H,8,9);1H. The van der Waals surface area contributed by atoms with E-state index in [1.54, 1.807) is 14.1 Å². The van der Waals surface area contributed by atoms with E-state index >= 15 is 0 Å². The molecule has 0 aliphatic rings. The van der Waals surface area contributed by atoms with Gasteiger partial charge in [-0.2, -0.15) is 0 Å². The van der Waals surface area contributed by atoms with Crippen LogP contribution in [0.5, 0.6) is 0 Å². The van der Waals surface area contributed by atoms with Gasteiger partial charge in [0.2, 0.25) is 6.17 Å². The van der Waals surface area contributed by atoms with Crippen LogP contribution in [-0.2, 0) is 4.79 Å². The summed E-state index contributed by atoms with van der Waals surface area (Å²) < 4.78 is 12.1. The monoisotopic (exact) mass is 171 g/mol. The van der Waals surface area contributed by atoms with Crippen molar-refractivity contribution in [1.82, 2.24) is 4.90 Å². The maximum Gasteiger partial charge on any atom is 0.339 e. The number of aliphatic carboxylic acids is 1. The molecule has 1 atom stereocenters. The minimum absolute atomic E-state index is 0. The quantitative estimate of drug-likeness (QED) is 0.668. The van der Waals surface area contributed by atoms with Gasteiger partial charge in [0.05, 0.1) is 0 Å². The van der Waals surface area contributed by atoms with E-state index in [0.29, 0.717) is 0 Å². The van der Waals surface area contributed by atoms with E-state index in [2.05, 4.69) is 0 Å². The van der Waals surface area contributed by atoms with Crippen molar-refractivity contribution in [1.29, 1.82) is 0 Å². The molecule has 0 aromatic rings. The summed E-state index contributed by atoms with van der Waals surface area (Å²) in [5.74, 6) is -1.40. The summed E-state index contributed by atoms with van der Waals surface area (Å²) in [5.41, 5.74) is 0. The van der Waals surface area contributed by atoms with Crippen LogP contribution in [0.1, 0.15) is 0 Å². The molecule has 0 amide bonds. The number of carbonyl (C=O) groups is 1. The van der Waals surface area contributed by atoms with Gasteiger partial charge >= 0.3 is 5.97 Å².